The van der Waals surface area contributed by atoms with Crippen LogP contribution in [0.3, 0.4) is 0 Å². The van der Waals surface area contributed by atoms with Crippen LogP contribution in [-0.2, 0) is 10.0 Å². The fourth-order valence-corrected chi connectivity index (χ4v) is 5.31. The molecule has 1 aliphatic carbocycles. The van der Waals surface area contributed by atoms with Crippen molar-refractivity contribution in [2.45, 2.75) is 42.7 Å². The van der Waals surface area contributed by atoms with Gasteiger partial charge in [-0.15, -0.1) is 0 Å². The first-order valence-electron chi connectivity index (χ1n) is 10.4. The molecule has 0 atom stereocenters. The Morgan fingerprint density at radius 3 is 2.36 bits per heavy atom. The first-order valence-corrected chi connectivity index (χ1v) is 11.9. The normalized spacial score (nSPS) is 14.6. The van der Waals surface area contributed by atoms with Crippen molar-refractivity contribution in [3.63, 3.8) is 0 Å². The minimum Gasteiger partial charge on any atom is -0.334 e. The van der Waals surface area contributed by atoms with Crippen LogP contribution in [0.5, 0.6) is 0 Å². The Bertz CT molecular complexity index is 1360. The minimum absolute atomic E-state index is 0.0853. The predicted molar refractivity (Wildman–Crippen MR) is 116 cm³/mol. The summed E-state index contributed by atoms with van der Waals surface area (Å²) in [5, 5.41) is 19.9. The average molecular weight is 471 g/mol. The summed E-state index contributed by atoms with van der Waals surface area (Å²) in [6.07, 6.45) is 5.94. The minimum atomic E-state index is -4.22. The van der Waals surface area contributed by atoms with E-state index < -0.39 is 29.4 Å². The van der Waals surface area contributed by atoms with E-state index in [1.54, 1.807) is 18.2 Å². The second-order valence-corrected chi connectivity index (χ2v) is 9.57. The molecule has 2 heterocycles. The van der Waals surface area contributed by atoms with Crippen LogP contribution in [0.15, 0.2) is 35.5 Å². The van der Waals surface area contributed by atoms with Gasteiger partial charge in [0.15, 0.2) is 5.82 Å². The molecule has 1 aromatic carbocycles. The van der Waals surface area contributed by atoms with E-state index >= 15 is 0 Å². The van der Waals surface area contributed by atoms with E-state index in [0.717, 1.165) is 43.6 Å². The molecule has 33 heavy (non-hydrogen) atoms. The summed E-state index contributed by atoms with van der Waals surface area (Å²) in [4.78, 5) is 8.06. The average Bonchev–Trinajstić information content (AvgIpc) is 3.47. The number of nitriles is 2. The van der Waals surface area contributed by atoms with Crippen molar-refractivity contribution >= 4 is 20.9 Å². The van der Waals surface area contributed by atoms with E-state index in [2.05, 4.69) is 22.1 Å². The van der Waals surface area contributed by atoms with Crippen LogP contribution >= 0.6 is 0 Å². The maximum atomic E-state index is 12.8. The van der Waals surface area contributed by atoms with Crippen LogP contribution in [0.2, 0.25) is 0 Å². The molecule has 4 rings (SSSR count). The lowest BCUT2D eigenvalue weighted by atomic mass is 10.1. The molecule has 2 aromatic heterocycles. The molecule has 170 valence electrons. The lowest BCUT2D eigenvalue weighted by molar-refractivity contribution is 0.334. The number of alkyl halides is 2. The van der Waals surface area contributed by atoms with Crippen molar-refractivity contribution in [3.8, 4) is 23.7 Å². The Morgan fingerprint density at radius 1 is 1.12 bits per heavy atom. The summed E-state index contributed by atoms with van der Waals surface area (Å²) in [5.74, 6) is 0.152. The molecule has 0 aliphatic heterocycles. The number of rotatable bonds is 7. The van der Waals surface area contributed by atoms with Gasteiger partial charge in [-0.3, -0.25) is 0 Å². The van der Waals surface area contributed by atoms with Gasteiger partial charge in [0.1, 0.15) is 30.0 Å². The number of halogens is 2. The van der Waals surface area contributed by atoms with Gasteiger partial charge < -0.3 is 4.57 Å². The second kappa shape index (κ2) is 9.22. The van der Waals surface area contributed by atoms with Crippen LogP contribution < -0.4 is 4.72 Å². The zero-order valence-electron chi connectivity index (χ0n) is 17.5. The third kappa shape index (κ3) is 4.17. The molecule has 11 heteroatoms. The van der Waals surface area contributed by atoms with Crippen LogP contribution in [0.25, 0.3) is 22.4 Å². The second-order valence-electron chi connectivity index (χ2n) is 7.86. The molecule has 3 aromatic rings. The number of aromatic nitrogens is 3. The Kier molecular flexibility index (Phi) is 6.36. The molecule has 8 nitrogen and oxygen atoms in total. The third-order valence-corrected chi connectivity index (χ3v) is 7.25. The molecule has 0 saturated heterocycles. The summed E-state index contributed by atoms with van der Waals surface area (Å²) in [5.41, 5.74) is 1.98. The van der Waals surface area contributed by atoms with Gasteiger partial charge >= 0.3 is 0 Å². The van der Waals surface area contributed by atoms with Crippen LogP contribution in [0, 0.1) is 22.7 Å². The predicted octanol–water partition coefficient (Wildman–Crippen LogP) is 3.54. The molecule has 0 unspecified atom stereocenters. The lowest BCUT2D eigenvalue weighted by Gasteiger charge is -2.17. The van der Waals surface area contributed by atoms with Crippen molar-refractivity contribution in [1.29, 1.82) is 10.5 Å². The van der Waals surface area contributed by atoms with E-state index in [1.807, 2.05) is 9.29 Å². The van der Waals surface area contributed by atoms with Gasteiger partial charge in [-0.1, -0.05) is 18.9 Å². The van der Waals surface area contributed by atoms with Gasteiger partial charge in [0.05, 0.1) is 41.1 Å². The Morgan fingerprint density at radius 2 is 1.79 bits per heavy atom. The van der Waals surface area contributed by atoms with E-state index in [4.69, 9.17) is 0 Å². The standard InChI is InChI=1S/C22H20F2N6O2S/c23-8-15(9-24)29-33(31,32)17-12-27-22(28-13-17)21-19(11-26)18-6-5-14(10-25)7-20(18)30(21)16-3-1-2-4-16/h5-7,12-13,15-16,29H,1-4,8-9H2. The van der Waals surface area contributed by atoms with Crippen molar-refractivity contribution in [3.05, 3.63) is 41.7 Å². The van der Waals surface area contributed by atoms with Crippen molar-refractivity contribution < 1.29 is 17.2 Å². The highest BCUT2D eigenvalue weighted by molar-refractivity contribution is 7.89. The van der Waals surface area contributed by atoms with Crippen LogP contribution in [-0.4, -0.2) is 42.3 Å². The summed E-state index contributed by atoms with van der Waals surface area (Å²) in [6.45, 7) is -2.38. The highest BCUT2D eigenvalue weighted by atomic mass is 32.2. The Balaban J connectivity index is 1.85. The fourth-order valence-electron chi connectivity index (χ4n) is 4.22. The van der Waals surface area contributed by atoms with Crippen molar-refractivity contribution in [1.82, 2.24) is 19.3 Å². The maximum absolute atomic E-state index is 12.8. The molecule has 1 aliphatic rings. The number of nitrogens with zero attached hydrogens (tertiary/aromatic N) is 5. The lowest BCUT2D eigenvalue weighted by Crippen LogP contribution is -2.38. The molecule has 0 amide bonds. The van der Waals surface area contributed by atoms with Gasteiger partial charge in [0, 0.05) is 11.4 Å². The van der Waals surface area contributed by atoms with Gasteiger partial charge in [-0.25, -0.2) is 31.9 Å². The summed E-state index contributed by atoms with van der Waals surface area (Å²) < 4.78 is 54.3. The molecular formula is C22H20F2N6O2S. The molecule has 0 bridgehead atoms. The van der Waals surface area contributed by atoms with E-state index in [1.165, 1.54) is 0 Å². The monoisotopic (exact) mass is 470 g/mol. The molecule has 0 spiro atoms. The van der Waals surface area contributed by atoms with E-state index in [9.17, 15) is 27.7 Å². The first kappa shape index (κ1) is 22.8. The quantitative estimate of drug-likeness (QED) is 0.563. The van der Waals surface area contributed by atoms with Gasteiger partial charge in [0.25, 0.3) is 0 Å². The van der Waals surface area contributed by atoms with Gasteiger partial charge in [0.2, 0.25) is 10.0 Å². The summed E-state index contributed by atoms with van der Waals surface area (Å²) >= 11 is 0. The number of hydrogen-bond acceptors (Lipinski definition) is 6. The van der Waals surface area contributed by atoms with Gasteiger partial charge in [-0.2, -0.15) is 10.5 Å². The number of nitrogens with one attached hydrogen (secondary N) is 1. The largest absolute Gasteiger partial charge is 0.334 e. The molecule has 1 fully saturated rings. The Hall–Kier alpha value is -3.41. The van der Waals surface area contributed by atoms with Crippen molar-refractivity contribution in [2.75, 3.05) is 13.3 Å². The highest BCUT2D eigenvalue weighted by Crippen LogP contribution is 2.40. The Labute approximate surface area is 189 Å². The zero-order chi connectivity index (χ0) is 23.6. The topological polar surface area (TPSA) is 124 Å². The molecular weight excluding hydrogens is 450 g/mol. The maximum Gasteiger partial charge on any atom is 0.244 e. The van der Waals surface area contributed by atoms with Gasteiger partial charge in [-0.05, 0) is 25.0 Å². The van der Waals surface area contributed by atoms with E-state index in [-0.39, 0.29) is 16.8 Å². The highest BCUT2D eigenvalue weighted by Gasteiger charge is 2.28. The molecule has 1 saturated carbocycles. The smallest absolute Gasteiger partial charge is 0.244 e. The third-order valence-electron chi connectivity index (χ3n) is 5.78. The number of hydrogen-bond donors (Lipinski definition) is 1. The van der Waals surface area contributed by atoms with Crippen molar-refractivity contribution in [2.24, 2.45) is 0 Å². The SMILES string of the molecule is N#Cc1ccc2c(C#N)c(-c3ncc(S(=O)(=O)NC(CF)CF)cn3)n(C3CCCC3)c2c1. The first-order chi connectivity index (χ1) is 15.9. The number of benzene rings is 1. The molecule has 1 N–H and O–H groups in total. The number of sulfonamides is 1. The summed E-state index contributed by atoms with van der Waals surface area (Å²) in [6, 6.07) is 8.01. The van der Waals surface area contributed by atoms with E-state index in [0.29, 0.717) is 22.2 Å². The summed E-state index contributed by atoms with van der Waals surface area (Å²) in [7, 11) is -4.22. The van der Waals surface area contributed by atoms with Crippen LogP contribution in [0.4, 0.5) is 8.78 Å². The van der Waals surface area contributed by atoms with Crippen LogP contribution in [0.1, 0.15) is 42.9 Å². The zero-order valence-corrected chi connectivity index (χ0v) is 18.3. The molecule has 0 radical (unpaired) electrons. The number of fused-ring (bicyclic) bond motifs is 1. The fraction of sp³-hybridized carbons (Fsp3) is 0.364.